The van der Waals surface area contributed by atoms with Crippen LogP contribution in [0.1, 0.15) is 18.1 Å². The standard InChI is InChI=1S/C19H17NO3/c1-15(21)20(14-17-6-4-3-5-7-17)19(22)13-10-16-8-11-18(23-2)12-9-16/h3-9,11-12H,14H2,1-2H3. The van der Waals surface area contributed by atoms with E-state index in [9.17, 15) is 9.59 Å². The second kappa shape index (κ2) is 7.81. The summed E-state index contributed by atoms with van der Waals surface area (Å²) in [5, 5.41) is 0. The molecule has 2 aromatic rings. The zero-order valence-electron chi connectivity index (χ0n) is 13.1. The number of carbonyl (C=O) groups is 2. The van der Waals surface area contributed by atoms with E-state index < -0.39 is 5.91 Å². The number of rotatable bonds is 3. The fourth-order valence-corrected chi connectivity index (χ4v) is 1.96. The van der Waals surface area contributed by atoms with Crippen LogP contribution in [0.3, 0.4) is 0 Å². The molecule has 0 bridgehead atoms. The van der Waals surface area contributed by atoms with Gasteiger partial charge in [0.05, 0.1) is 13.7 Å². The van der Waals surface area contributed by atoms with E-state index in [1.807, 2.05) is 30.3 Å². The van der Waals surface area contributed by atoms with Crippen LogP contribution in [0.15, 0.2) is 54.6 Å². The van der Waals surface area contributed by atoms with Crippen molar-refractivity contribution in [1.29, 1.82) is 0 Å². The Kier molecular flexibility index (Phi) is 5.54. The first kappa shape index (κ1) is 16.3. The van der Waals surface area contributed by atoms with Crippen LogP contribution in [-0.2, 0) is 16.1 Å². The van der Waals surface area contributed by atoms with Crippen molar-refractivity contribution >= 4 is 11.8 Å². The van der Waals surface area contributed by atoms with Gasteiger partial charge in [-0.15, -0.1) is 0 Å². The summed E-state index contributed by atoms with van der Waals surface area (Å²) in [6, 6.07) is 16.4. The number of hydrogen-bond donors (Lipinski definition) is 0. The van der Waals surface area contributed by atoms with E-state index in [-0.39, 0.29) is 12.5 Å². The summed E-state index contributed by atoms with van der Waals surface area (Å²) >= 11 is 0. The fourth-order valence-electron chi connectivity index (χ4n) is 1.96. The van der Waals surface area contributed by atoms with Gasteiger partial charge in [-0.3, -0.25) is 14.5 Å². The van der Waals surface area contributed by atoms with Gasteiger partial charge in [-0.1, -0.05) is 36.3 Å². The Labute approximate surface area is 135 Å². The summed E-state index contributed by atoms with van der Waals surface area (Å²) in [6.45, 7) is 1.57. The van der Waals surface area contributed by atoms with Gasteiger partial charge in [-0.25, -0.2) is 0 Å². The van der Waals surface area contributed by atoms with Gasteiger partial charge in [0.15, 0.2) is 0 Å². The molecule has 0 radical (unpaired) electrons. The number of carbonyl (C=O) groups excluding carboxylic acids is 2. The highest BCUT2D eigenvalue weighted by Crippen LogP contribution is 2.10. The monoisotopic (exact) mass is 307 g/mol. The highest BCUT2D eigenvalue weighted by molar-refractivity contribution is 6.04. The molecule has 0 fully saturated rings. The highest BCUT2D eigenvalue weighted by Gasteiger charge is 2.16. The molecule has 2 rings (SSSR count). The van der Waals surface area contributed by atoms with Gasteiger partial charge in [0.25, 0.3) is 0 Å². The largest absolute Gasteiger partial charge is 0.497 e. The Hall–Kier alpha value is -3.06. The van der Waals surface area contributed by atoms with Crippen LogP contribution in [0, 0.1) is 11.8 Å². The molecule has 0 aromatic heterocycles. The van der Waals surface area contributed by atoms with E-state index in [4.69, 9.17) is 4.74 Å². The predicted molar refractivity (Wildman–Crippen MR) is 87.5 cm³/mol. The normalized spacial score (nSPS) is 9.48. The Balaban J connectivity index is 2.12. The third-order valence-corrected chi connectivity index (χ3v) is 3.21. The zero-order chi connectivity index (χ0) is 16.7. The lowest BCUT2D eigenvalue weighted by molar-refractivity contribution is -0.140. The zero-order valence-corrected chi connectivity index (χ0v) is 13.1. The van der Waals surface area contributed by atoms with E-state index in [0.29, 0.717) is 5.56 Å². The van der Waals surface area contributed by atoms with Crippen molar-refractivity contribution in [3.8, 4) is 17.6 Å². The molecule has 0 saturated heterocycles. The van der Waals surface area contributed by atoms with Crippen molar-refractivity contribution in [3.05, 3.63) is 65.7 Å². The van der Waals surface area contributed by atoms with Crippen LogP contribution in [0.5, 0.6) is 5.75 Å². The lowest BCUT2D eigenvalue weighted by atomic mass is 10.2. The third-order valence-electron chi connectivity index (χ3n) is 3.21. The second-order valence-corrected chi connectivity index (χ2v) is 4.87. The van der Waals surface area contributed by atoms with Gasteiger partial charge in [-0.05, 0) is 29.8 Å². The van der Waals surface area contributed by atoms with Gasteiger partial charge in [0.2, 0.25) is 5.91 Å². The summed E-state index contributed by atoms with van der Waals surface area (Å²) in [5.74, 6) is 5.15. The molecule has 0 atom stereocenters. The molecule has 0 spiro atoms. The number of benzene rings is 2. The molecular weight excluding hydrogens is 290 g/mol. The van der Waals surface area contributed by atoms with Gasteiger partial charge in [0, 0.05) is 18.4 Å². The summed E-state index contributed by atoms with van der Waals surface area (Å²) < 4.78 is 5.06. The number of ether oxygens (including phenoxy) is 1. The topological polar surface area (TPSA) is 46.6 Å². The molecule has 23 heavy (non-hydrogen) atoms. The maximum Gasteiger partial charge on any atom is 0.305 e. The number of nitrogens with zero attached hydrogens (tertiary/aromatic N) is 1. The van der Waals surface area contributed by atoms with Crippen LogP contribution in [0.2, 0.25) is 0 Å². The smallest absolute Gasteiger partial charge is 0.305 e. The highest BCUT2D eigenvalue weighted by atomic mass is 16.5. The van der Waals surface area contributed by atoms with E-state index >= 15 is 0 Å². The van der Waals surface area contributed by atoms with E-state index in [1.54, 1.807) is 31.4 Å². The van der Waals surface area contributed by atoms with Crippen molar-refractivity contribution in [2.24, 2.45) is 0 Å². The summed E-state index contributed by atoms with van der Waals surface area (Å²) in [6.07, 6.45) is 0. The SMILES string of the molecule is COc1ccc(C#CC(=O)N(Cc2ccccc2)C(C)=O)cc1. The van der Waals surface area contributed by atoms with Crippen LogP contribution in [-0.4, -0.2) is 23.8 Å². The van der Waals surface area contributed by atoms with Crippen LogP contribution in [0.25, 0.3) is 0 Å². The number of methoxy groups -OCH3 is 1. The molecule has 4 heteroatoms. The van der Waals surface area contributed by atoms with Gasteiger partial charge in [-0.2, -0.15) is 0 Å². The lowest BCUT2D eigenvalue weighted by Crippen LogP contribution is -2.33. The predicted octanol–water partition coefficient (Wildman–Crippen LogP) is 2.62. The van der Waals surface area contributed by atoms with Crippen LogP contribution in [0.4, 0.5) is 0 Å². The lowest BCUT2D eigenvalue weighted by Gasteiger charge is -2.16. The molecule has 0 heterocycles. The summed E-state index contributed by atoms with van der Waals surface area (Å²) in [4.78, 5) is 25.0. The van der Waals surface area contributed by atoms with Gasteiger partial charge < -0.3 is 4.74 Å². The Morgan fingerprint density at radius 2 is 1.70 bits per heavy atom. The van der Waals surface area contributed by atoms with Gasteiger partial charge >= 0.3 is 5.91 Å². The van der Waals surface area contributed by atoms with Crippen molar-refractivity contribution in [1.82, 2.24) is 4.90 Å². The molecule has 2 aromatic carbocycles. The molecule has 0 aliphatic heterocycles. The Bertz CT molecular complexity index is 740. The first-order valence-corrected chi connectivity index (χ1v) is 7.12. The van der Waals surface area contributed by atoms with Crippen LogP contribution >= 0.6 is 0 Å². The molecule has 4 nitrogen and oxygen atoms in total. The van der Waals surface area contributed by atoms with Crippen LogP contribution < -0.4 is 4.74 Å². The Morgan fingerprint density at radius 3 is 2.26 bits per heavy atom. The van der Waals surface area contributed by atoms with E-state index in [2.05, 4.69) is 11.8 Å². The first-order valence-electron chi connectivity index (χ1n) is 7.12. The maximum atomic E-state index is 12.2. The average molecular weight is 307 g/mol. The average Bonchev–Trinajstić information content (AvgIpc) is 2.58. The molecule has 0 unspecified atom stereocenters. The molecule has 116 valence electrons. The fraction of sp³-hybridized carbons (Fsp3) is 0.158. The third kappa shape index (κ3) is 4.72. The molecule has 2 amide bonds. The quantitative estimate of drug-likeness (QED) is 0.819. The second-order valence-electron chi connectivity index (χ2n) is 4.87. The van der Waals surface area contributed by atoms with Crippen molar-refractivity contribution in [3.63, 3.8) is 0 Å². The Morgan fingerprint density at radius 1 is 1.04 bits per heavy atom. The minimum absolute atomic E-state index is 0.215. The maximum absolute atomic E-state index is 12.2. The number of hydrogen-bond acceptors (Lipinski definition) is 3. The molecular formula is C19H17NO3. The van der Waals surface area contributed by atoms with E-state index in [1.165, 1.54) is 6.92 Å². The van der Waals surface area contributed by atoms with Crippen molar-refractivity contribution in [2.45, 2.75) is 13.5 Å². The number of amides is 2. The minimum Gasteiger partial charge on any atom is -0.497 e. The molecule has 0 saturated carbocycles. The summed E-state index contributed by atoms with van der Waals surface area (Å²) in [5.41, 5.74) is 1.56. The first-order chi connectivity index (χ1) is 11.1. The molecule has 0 aliphatic rings. The van der Waals surface area contributed by atoms with Crippen molar-refractivity contribution < 1.29 is 14.3 Å². The molecule has 0 aliphatic carbocycles. The van der Waals surface area contributed by atoms with E-state index in [0.717, 1.165) is 16.2 Å². The molecule has 0 N–H and O–H groups in total. The summed E-state index contributed by atoms with van der Waals surface area (Å²) in [7, 11) is 1.58. The number of imide groups is 1. The van der Waals surface area contributed by atoms with Crippen molar-refractivity contribution in [2.75, 3.05) is 7.11 Å². The van der Waals surface area contributed by atoms with Gasteiger partial charge in [0.1, 0.15) is 5.75 Å². The minimum atomic E-state index is -0.517.